The molecular weight excluding hydrogens is 344 g/mol. The average Bonchev–Trinajstić information content (AvgIpc) is 2.85. The summed E-state index contributed by atoms with van der Waals surface area (Å²) in [5.74, 6) is -0.269. The van der Waals surface area contributed by atoms with E-state index in [1.54, 1.807) is 19.2 Å². The Balaban J connectivity index is 1.95. The van der Waals surface area contributed by atoms with Gasteiger partial charge in [-0.25, -0.2) is 4.98 Å². The maximum atomic E-state index is 12.9. The van der Waals surface area contributed by atoms with E-state index in [9.17, 15) is 14.7 Å². The number of amides is 1. The number of hydrogen-bond acceptors (Lipinski definition) is 4. The Hall–Kier alpha value is -2.93. The zero-order valence-electron chi connectivity index (χ0n) is 16.0. The van der Waals surface area contributed by atoms with Crippen molar-refractivity contribution in [1.29, 1.82) is 0 Å². The molecule has 0 saturated heterocycles. The van der Waals surface area contributed by atoms with Crippen LogP contribution in [0.1, 0.15) is 39.8 Å². The highest BCUT2D eigenvalue weighted by Gasteiger charge is 2.21. The number of nitrogens with zero attached hydrogens (tertiary/aromatic N) is 2. The van der Waals surface area contributed by atoms with Crippen LogP contribution in [-0.2, 0) is 13.1 Å². The SMILES string of the molecule is Cc1cc(C)c(CNC(=O)c2c(C)n(CC(C)O)c3ncccc23)c(=O)[nH]1. The molecular formula is C20H24N4O3. The molecule has 27 heavy (non-hydrogen) atoms. The van der Waals surface area contributed by atoms with Crippen LogP contribution in [0.3, 0.4) is 0 Å². The molecule has 7 nitrogen and oxygen atoms in total. The Morgan fingerprint density at radius 3 is 2.78 bits per heavy atom. The van der Waals surface area contributed by atoms with Crippen LogP contribution in [-0.4, -0.2) is 31.7 Å². The quantitative estimate of drug-likeness (QED) is 0.641. The van der Waals surface area contributed by atoms with Crippen molar-refractivity contribution in [3.8, 4) is 0 Å². The lowest BCUT2D eigenvalue weighted by Crippen LogP contribution is -2.28. The second-order valence-electron chi connectivity index (χ2n) is 6.92. The molecule has 0 bridgehead atoms. The zero-order chi connectivity index (χ0) is 19.7. The number of aromatic nitrogens is 3. The molecule has 3 rings (SSSR count). The summed E-state index contributed by atoms with van der Waals surface area (Å²) >= 11 is 0. The Morgan fingerprint density at radius 1 is 1.37 bits per heavy atom. The van der Waals surface area contributed by atoms with E-state index >= 15 is 0 Å². The number of aryl methyl sites for hydroxylation is 2. The van der Waals surface area contributed by atoms with Crippen LogP contribution in [0.4, 0.5) is 0 Å². The topological polar surface area (TPSA) is 100 Å². The molecule has 3 heterocycles. The van der Waals surface area contributed by atoms with E-state index in [1.807, 2.05) is 37.5 Å². The highest BCUT2D eigenvalue weighted by atomic mass is 16.3. The third-order valence-electron chi connectivity index (χ3n) is 4.67. The molecule has 0 aliphatic heterocycles. The lowest BCUT2D eigenvalue weighted by Gasteiger charge is -2.11. The van der Waals surface area contributed by atoms with E-state index in [0.717, 1.165) is 22.3 Å². The maximum absolute atomic E-state index is 12.9. The van der Waals surface area contributed by atoms with Crippen LogP contribution >= 0.6 is 0 Å². The van der Waals surface area contributed by atoms with Crippen LogP contribution in [0.2, 0.25) is 0 Å². The first-order chi connectivity index (χ1) is 12.8. The van der Waals surface area contributed by atoms with Gasteiger partial charge in [-0.2, -0.15) is 0 Å². The van der Waals surface area contributed by atoms with Crippen molar-refractivity contribution in [2.24, 2.45) is 0 Å². The summed E-state index contributed by atoms with van der Waals surface area (Å²) in [5, 5.41) is 13.4. The van der Waals surface area contributed by atoms with Gasteiger partial charge in [-0.05, 0) is 51.5 Å². The molecule has 3 aromatic heterocycles. The van der Waals surface area contributed by atoms with Gasteiger partial charge in [0.05, 0.1) is 18.2 Å². The monoisotopic (exact) mass is 368 g/mol. The van der Waals surface area contributed by atoms with Crippen molar-refractivity contribution >= 4 is 16.9 Å². The zero-order valence-corrected chi connectivity index (χ0v) is 16.0. The number of aromatic amines is 1. The summed E-state index contributed by atoms with van der Waals surface area (Å²) in [4.78, 5) is 32.2. The van der Waals surface area contributed by atoms with E-state index in [4.69, 9.17) is 0 Å². The molecule has 1 unspecified atom stereocenters. The van der Waals surface area contributed by atoms with E-state index in [0.29, 0.717) is 23.3 Å². The molecule has 0 radical (unpaired) electrons. The summed E-state index contributed by atoms with van der Waals surface area (Å²) < 4.78 is 1.85. The van der Waals surface area contributed by atoms with Crippen LogP contribution in [0.5, 0.6) is 0 Å². The molecule has 7 heteroatoms. The van der Waals surface area contributed by atoms with Gasteiger partial charge in [0.25, 0.3) is 11.5 Å². The molecule has 142 valence electrons. The van der Waals surface area contributed by atoms with Gasteiger partial charge in [0.2, 0.25) is 0 Å². The Bertz CT molecular complexity index is 1060. The lowest BCUT2D eigenvalue weighted by atomic mass is 10.1. The standard InChI is InChI=1S/C20H24N4O3/c1-11-8-12(2)23-19(26)16(11)9-22-20(27)17-14(4)24(10-13(3)25)18-15(17)6-5-7-21-18/h5-8,13,25H,9-10H2,1-4H3,(H,22,27)(H,23,26). The van der Waals surface area contributed by atoms with Crippen molar-refractivity contribution < 1.29 is 9.90 Å². The van der Waals surface area contributed by atoms with Crippen molar-refractivity contribution in [2.75, 3.05) is 0 Å². The minimum absolute atomic E-state index is 0.142. The number of rotatable bonds is 5. The first-order valence-corrected chi connectivity index (χ1v) is 8.89. The number of hydrogen-bond donors (Lipinski definition) is 3. The highest BCUT2D eigenvalue weighted by molar-refractivity contribution is 6.07. The Morgan fingerprint density at radius 2 is 2.11 bits per heavy atom. The van der Waals surface area contributed by atoms with Gasteiger partial charge in [-0.1, -0.05) is 0 Å². The smallest absolute Gasteiger partial charge is 0.254 e. The van der Waals surface area contributed by atoms with Gasteiger partial charge in [-0.3, -0.25) is 9.59 Å². The summed E-state index contributed by atoms with van der Waals surface area (Å²) in [6.07, 6.45) is 1.10. The number of carbonyl (C=O) groups excluding carboxylic acids is 1. The fourth-order valence-electron chi connectivity index (χ4n) is 3.43. The Kier molecular flexibility index (Phi) is 5.14. The molecule has 3 aromatic rings. The van der Waals surface area contributed by atoms with E-state index in [2.05, 4.69) is 15.3 Å². The van der Waals surface area contributed by atoms with Gasteiger partial charge >= 0.3 is 0 Å². The van der Waals surface area contributed by atoms with Gasteiger partial charge < -0.3 is 20.0 Å². The normalized spacial score (nSPS) is 12.3. The van der Waals surface area contributed by atoms with Crippen LogP contribution in [0.15, 0.2) is 29.2 Å². The number of nitrogens with one attached hydrogen (secondary N) is 2. The van der Waals surface area contributed by atoms with Crippen molar-refractivity contribution in [3.05, 3.63) is 62.8 Å². The van der Waals surface area contributed by atoms with E-state index in [-0.39, 0.29) is 18.0 Å². The second-order valence-corrected chi connectivity index (χ2v) is 6.92. The van der Waals surface area contributed by atoms with Gasteiger partial charge in [0.15, 0.2) is 0 Å². The third kappa shape index (κ3) is 3.64. The van der Waals surface area contributed by atoms with Crippen molar-refractivity contribution in [3.63, 3.8) is 0 Å². The molecule has 1 atom stereocenters. The van der Waals surface area contributed by atoms with Crippen LogP contribution in [0.25, 0.3) is 11.0 Å². The summed E-state index contributed by atoms with van der Waals surface area (Å²) in [6, 6.07) is 5.50. The van der Waals surface area contributed by atoms with Gasteiger partial charge in [0.1, 0.15) is 5.65 Å². The van der Waals surface area contributed by atoms with Gasteiger partial charge in [-0.15, -0.1) is 0 Å². The molecule has 0 spiro atoms. The fourth-order valence-corrected chi connectivity index (χ4v) is 3.43. The number of carbonyl (C=O) groups is 1. The number of aliphatic hydroxyl groups is 1. The molecule has 0 aromatic carbocycles. The van der Waals surface area contributed by atoms with Crippen LogP contribution in [0, 0.1) is 20.8 Å². The molecule has 0 aliphatic rings. The van der Waals surface area contributed by atoms with Crippen LogP contribution < -0.4 is 10.9 Å². The maximum Gasteiger partial charge on any atom is 0.254 e. The fraction of sp³-hybridized carbons (Fsp3) is 0.350. The van der Waals surface area contributed by atoms with Crippen molar-refractivity contribution in [1.82, 2.24) is 19.9 Å². The highest BCUT2D eigenvalue weighted by Crippen LogP contribution is 2.24. The number of H-pyrrole nitrogens is 1. The Labute approximate surface area is 157 Å². The minimum Gasteiger partial charge on any atom is -0.392 e. The van der Waals surface area contributed by atoms with E-state index < -0.39 is 6.10 Å². The number of aliphatic hydroxyl groups excluding tert-OH is 1. The predicted octanol–water partition coefficient (Wildman–Crippen LogP) is 1.96. The largest absolute Gasteiger partial charge is 0.392 e. The summed E-state index contributed by atoms with van der Waals surface area (Å²) in [7, 11) is 0. The molecule has 0 aliphatic carbocycles. The van der Waals surface area contributed by atoms with E-state index in [1.165, 1.54) is 0 Å². The first kappa shape index (κ1) is 18.8. The van der Waals surface area contributed by atoms with Crippen molar-refractivity contribution in [2.45, 2.75) is 46.9 Å². The second kappa shape index (κ2) is 7.36. The molecule has 0 fully saturated rings. The van der Waals surface area contributed by atoms with Gasteiger partial charge in [0, 0.05) is 35.1 Å². The molecule has 3 N–H and O–H groups in total. The third-order valence-corrected chi connectivity index (χ3v) is 4.67. The summed E-state index contributed by atoms with van der Waals surface area (Å²) in [6.45, 7) is 7.70. The summed E-state index contributed by atoms with van der Waals surface area (Å²) in [5.41, 5.74) is 3.88. The molecule has 1 amide bonds. The molecule has 0 saturated carbocycles. The predicted molar refractivity (Wildman–Crippen MR) is 104 cm³/mol. The number of fused-ring (bicyclic) bond motifs is 1. The average molecular weight is 368 g/mol. The lowest BCUT2D eigenvalue weighted by molar-refractivity contribution is 0.0951. The first-order valence-electron chi connectivity index (χ1n) is 8.89. The number of pyridine rings is 2. The minimum atomic E-state index is -0.564.